The predicted molar refractivity (Wildman–Crippen MR) is 70.9 cm³/mol. The summed E-state index contributed by atoms with van der Waals surface area (Å²) < 4.78 is 1.99. The molecule has 16 heavy (non-hydrogen) atoms. The first-order valence-corrected chi connectivity index (χ1v) is 6.99. The second-order valence-corrected chi connectivity index (χ2v) is 5.30. The Morgan fingerprint density at radius 3 is 2.69 bits per heavy atom. The van der Waals surface area contributed by atoms with Gasteiger partial charge < -0.3 is 5.73 Å². The molecule has 0 aliphatic heterocycles. The van der Waals surface area contributed by atoms with Crippen molar-refractivity contribution < 1.29 is 0 Å². The van der Waals surface area contributed by atoms with Crippen molar-refractivity contribution in [3.05, 3.63) is 11.3 Å². The van der Waals surface area contributed by atoms with E-state index in [1.807, 2.05) is 23.5 Å². The Kier molecular flexibility index (Phi) is 5.35. The van der Waals surface area contributed by atoms with Crippen molar-refractivity contribution in [2.45, 2.75) is 51.1 Å². The first kappa shape index (κ1) is 13.6. The molecule has 4 heteroatoms. The summed E-state index contributed by atoms with van der Waals surface area (Å²) in [6.45, 7) is 6.41. The van der Waals surface area contributed by atoms with E-state index in [1.165, 1.54) is 17.0 Å². The van der Waals surface area contributed by atoms with Crippen molar-refractivity contribution in [2.75, 3.05) is 5.75 Å². The number of aromatic nitrogens is 2. The molecule has 1 unspecified atom stereocenters. The molecule has 0 saturated heterocycles. The second kappa shape index (κ2) is 6.30. The number of hydrogen-bond acceptors (Lipinski definition) is 3. The van der Waals surface area contributed by atoms with Crippen LogP contribution in [0.2, 0.25) is 0 Å². The van der Waals surface area contributed by atoms with Gasteiger partial charge >= 0.3 is 0 Å². The van der Waals surface area contributed by atoms with Crippen LogP contribution in [0.4, 0.5) is 0 Å². The topological polar surface area (TPSA) is 43.8 Å². The molecule has 0 amide bonds. The first-order chi connectivity index (χ1) is 7.60. The lowest BCUT2D eigenvalue weighted by Gasteiger charge is -2.10. The second-order valence-electron chi connectivity index (χ2n) is 4.21. The van der Waals surface area contributed by atoms with Crippen LogP contribution in [0.5, 0.6) is 0 Å². The highest BCUT2D eigenvalue weighted by Gasteiger charge is 2.15. The monoisotopic (exact) mass is 241 g/mol. The Labute approximate surface area is 103 Å². The van der Waals surface area contributed by atoms with Gasteiger partial charge in [-0.05, 0) is 31.9 Å². The molecule has 2 N–H and O–H groups in total. The lowest BCUT2D eigenvalue weighted by Crippen LogP contribution is -2.21. The minimum Gasteiger partial charge on any atom is -0.327 e. The molecule has 1 aromatic rings. The average Bonchev–Trinajstić information content (AvgIpc) is 2.51. The Morgan fingerprint density at radius 1 is 1.44 bits per heavy atom. The minimum atomic E-state index is 0.254. The van der Waals surface area contributed by atoms with Crippen molar-refractivity contribution in [3.8, 4) is 0 Å². The molecule has 0 bridgehead atoms. The van der Waals surface area contributed by atoms with E-state index < -0.39 is 0 Å². The lowest BCUT2D eigenvalue weighted by atomic mass is 10.1. The highest BCUT2D eigenvalue weighted by atomic mass is 32.2. The van der Waals surface area contributed by atoms with Crippen LogP contribution in [0, 0.1) is 6.92 Å². The molecular formula is C12H23N3S. The smallest absolute Gasteiger partial charge is 0.0971 e. The maximum atomic E-state index is 6.03. The van der Waals surface area contributed by atoms with Gasteiger partial charge in [0.1, 0.15) is 0 Å². The molecule has 0 fully saturated rings. The molecule has 1 aromatic heterocycles. The summed E-state index contributed by atoms with van der Waals surface area (Å²) in [6.07, 6.45) is 3.16. The van der Waals surface area contributed by atoms with Gasteiger partial charge in [0.05, 0.1) is 10.7 Å². The normalized spacial score (nSPS) is 13.1. The fourth-order valence-electron chi connectivity index (χ4n) is 1.70. The van der Waals surface area contributed by atoms with Crippen LogP contribution >= 0.6 is 11.8 Å². The number of nitrogens with two attached hydrogens (primary N) is 1. The van der Waals surface area contributed by atoms with Crippen LogP contribution in [0.3, 0.4) is 0 Å². The molecule has 0 radical (unpaired) electrons. The van der Waals surface area contributed by atoms with Crippen molar-refractivity contribution in [1.29, 1.82) is 0 Å². The van der Waals surface area contributed by atoms with Gasteiger partial charge in [-0.25, -0.2) is 0 Å². The zero-order valence-corrected chi connectivity index (χ0v) is 11.6. The van der Waals surface area contributed by atoms with Gasteiger partial charge in [-0.2, -0.15) is 5.10 Å². The standard InChI is InChI=1S/C12H23N3S/c1-5-7-16-12-11(8-10(13)6-2)9(3)14-15(12)4/h10H,5-8,13H2,1-4H3. The highest BCUT2D eigenvalue weighted by Crippen LogP contribution is 2.26. The number of thioether (sulfide) groups is 1. The molecular weight excluding hydrogens is 218 g/mol. The molecule has 0 spiro atoms. The maximum Gasteiger partial charge on any atom is 0.0971 e. The Bertz CT molecular complexity index is 333. The predicted octanol–water partition coefficient (Wildman–Crippen LogP) is 2.51. The van der Waals surface area contributed by atoms with Gasteiger partial charge in [-0.1, -0.05) is 13.8 Å². The van der Waals surface area contributed by atoms with E-state index in [4.69, 9.17) is 5.73 Å². The molecule has 0 aromatic carbocycles. The molecule has 0 aliphatic rings. The Balaban J connectivity index is 2.87. The van der Waals surface area contributed by atoms with E-state index in [9.17, 15) is 0 Å². The zero-order valence-electron chi connectivity index (χ0n) is 10.8. The third kappa shape index (κ3) is 3.25. The fraction of sp³-hybridized carbons (Fsp3) is 0.750. The van der Waals surface area contributed by atoms with Gasteiger partial charge in [-0.15, -0.1) is 11.8 Å². The van der Waals surface area contributed by atoms with Crippen LogP contribution < -0.4 is 5.73 Å². The number of rotatable bonds is 6. The molecule has 0 aliphatic carbocycles. The molecule has 92 valence electrons. The van der Waals surface area contributed by atoms with Crippen molar-refractivity contribution in [2.24, 2.45) is 12.8 Å². The maximum absolute atomic E-state index is 6.03. The van der Waals surface area contributed by atoms with Crippen LogP contribution in [0.15, 0.2) is 5.03 Å². The van der Waals surface area contributed by atoms with E-state index >= 15 is 0 Å². The summed E-state index contributed by atoms with van der Waals surface area (Å²) in [4.78, 5) is 0. The van der Waals surface area contributed by atoms with Crippen LogP contribution in [0.25, 0.3) is 0 Å². The largest absolute Gasteiger partial charge is 0.327 e. The van der Waals surface area contributed by atoms with Gasteiger partial charge in [0.25, 0.3) is 0 Å². The zero-order chi connectivity index (χ0) is 12.1. The third-order valence-electron chi connectivity index (χ3n) is 2.72. The average molecular weight is 241 g/mol. The van der Waals surface area contributed by atoms with E-state index in [0.717, 1.165) is 24.3 Å². The summed E-state index contributed by atoms with van der Waals surface area (Å²) in [5.74, 6) is 1.15. The van der Waals surface area contributed by atoms with Gasteiger partial charge in [0.15, 0.2) is 0 Å². The van der Waals surface area contributed by atoms with E-state index in [1.54, 1.807) is 0 Å². The van der Waals surface area contributed by atoms with Crippen molar-refractivity contribution in [1.82, 2.24) is 9.78 Å². The summed E-state index contributed by atoms with van der Waals surface area (Å²) in [5.41, 5.74) is 8.51. The van der Waals surface area contributed by atoms with Crippen molar-refractivity contribution in [3.63, 3.8) is 0 Å². The van der Waals surface area contributed by atoms with Gasteiger partial charge in [0.2, 0.25) is 0 Å². The highest BCUT2D eigenvalue weighted by molar-refractivity contribution is 7.99. The molecule has 1 heterocycles. The van der Waals surface area contributed by atoms with Crippen LogP contribution in [-0.2, 0) is 13.5 Å². The minimum absolute atomic E-state index is 0.254. The summed E-state index contributed by atoms with van der Waals surface area (Å²) in [7, 11) is 2.02. The van der Waals surface area contributed by atoms with E-state index in [0.29, 0.717) is 0 Å². The van der Waals surface area contributed by atoms with Crippen LogP contribution in [0.1, 0.15) is 37.9 Å². The van der Waals surface area contributed by atoms with Gasteiger partial charge in [-0.3, -0.25) is 4.68 Å². The SMILES string of the molecule is CCCSc1c(CC(N)CC)c(C)nn1C. The molecule has 1 atom stereocenters. The van der Waals surface area contributed by atoms with Gasteiger partial charge in [0, 0.05) is 18.7 Å². The molecule has 1 rings (SSSR count). The summed E-state index contributed by atoms with van der Waals surface area (Å²) >= 11 is 1.89. The quantitative estimate of drug-likeness (QED) is 0.778. The first-order valence-electron chi connectivity index (χ1n) is 6.00. The fourth-order valence-corrected chi connectivity index (χ4v) is 2.73. The molecule has 0 saturated carbocycles. The van der Waals surface area contributed by atoms with E-state index in [2.05, 4.69) is 25.9 Å². The lowest BCUT2D eigenvalue weighted by molar-refractivity contribution is 0.631. The summed E-state index contributed by atoms with van der Waals surface area (Å²) in [6, 6.07) is 0.254. The number of nitrogens with zero attached hydrogens (tertiary/aromatic N) is 2. The van der Waals surface area contributed by atoms with E-state index in [-0.39, 0.29) is 6.04 Å². The Hall–Kier alpha value is -0.480. The summed E-state index contributed by atoms with van der Waals surface area (Å²) in [5, 5.41) is 5.79. The molecule has 3 nitrogen and oxygen atoms in total. The van der Waals surface area contributed by atoms with Crippen molar-refractivity contribution >= 4 is 11.8 Å². The number of aryl methyl sites for hydroxylation is 2. The third-order valence-corrected chi connectivity index (χ3v) is 4.12. The Morgan fingerprint density at radius 2 is 2.12 bits per heavy atom. The van der Waals surface area contributed by atoms with Crippen LogP contribution in [-0.4, -0.2) is 21.6 Å². The number of hydrogen-bond donors (Lipinski definition) is 1.